The van der Waals surface area contributed by atoms with E-state index < -0.39 is 0 Å². The van der Waals surface area contributed by atoms with Crippen LogP contribution < -0.4 is 28.4 Å². The summed E-state index contributed by atoms with van der Waals surface area (Å²) in [5, 5.41) is 18.0. The maximum Gasteiger partial charge on any atom is 0.200 e. The lowest BCUT2D eigenvalue weighted by atomic mass is 9.70. The van der Waals surface area contributed by atoms with Crippen molar-refractivity contribution in [2.24, 2.45) is 70.0 Å². The second kappa shape index (κ2) is 63.4. The number of rotatable bonds is 42. The Labute approximate surface area is 894 Å². The van der Waals surface area contributed by atoms with Crippen molar-refractivity contribution in [2.75, 3.05) is 0 Å². The number of phenols is 2. The fourth-order valence-corrected chi connectivity index (χ4v) is 22.3. The van der Waals surface area contributed by atoms with Gasteiger partial charge in [0.25, 0.3) is 0 Å². The largest absolute Gasteiger partial charge is 0.508 e. The van der Waals surface area contributed by atoms with Gasteiger partial charge in [0.2, 0.25) is 6.29 Å². The van der Waals surface area contributed by atoms with Crippen LogP contribution in [-0.2, 0) is 9.47 Å². The van der Waals surface area contributed by atoms with Gasteiger partial charge in [-0.2, -0.15) is 0 Å². The summed E-state index contributed by atoms with van der Waals surface area (Å²) < 4.78 is 48.3. The topological polar surface area (TPSA) is 114 Å². The molecule has 4 bridgehead atoms. The summed E-state index contributed by atoms with van der Waals surface area (Å²) in [5.74, 6) is 20.9. The molecule has 6 aliphatic rings. The Morgan fingerprint density at radius 3 is 1.03 bits per heavy atom. The molecule has 8 aromatic carbocycles. The fourth-order valence-electron chi connectivity index (χ4n) is 22.3. The number of benzene rings is 8. The number of ether oxygens (including phenoxy) is 8. The first-order valence-corrected chi connectivity index (χ1v) is 58.9. The Morgan fingerprint density at radius 2 is 0.685 bits per heavy atom. The first kappa shape index (κ1) is 125. The molecule has 146 heavy (non-hydrogen) atoms. The van der Waals surface area contributed by atoms with Crippen LogP contribution in [0.2, 0.25) is 0 Å². The van der Waals surface area contributed by atoms with Crippen LogP contribution in [-0.4, -0.2) is 58.9 Å². The molecule has 0 radical (unpaired) electrons. The van der Waals surface area contributed by atoms with Crippen LogP contribution in [0.4, 0.5) is 0 Å². The van der Waals surface area contributed by atoms with Crippen LogP contribution in [0.5, 0.6) is 46.0 Å². The van der Waals surface area contributed by atoms with Gasteiger partial charge in [-0.3, -0.25) is 0 Å². The first-order valence-electron chi connectivity index (χ1n) is 58.9. The van der Waals surface area contributed by atoms with Crippen molar-refractivity contribution in [3.05, 3.63) is 239 Å². The summed E-state index contributed by atoms with van der Waals surface area (Å²) >= 11 is 0. The smallest absolute Gasteiger partial charge is 0.200 e. The summed E-state index contributed by atoms with van der Waals surface area (Å²) in [6.07, 6.45) is 36.2. The van der Waals surface area contributed by atoms with E-state index in [4.69, 9.17) is 48.1 Å². The van der Waals surface area contributed by atoms with Crippen molar-refractivity contribution in [1.82, 2.24) is 0 Å². The third-order valence-electron chi connectivity index (χ3n) is 33.7. The number of hydrogen-bond donors (Lipinski definition) is 2. The van der Waals surface area contributed by atoms with Gasteiger partial charge in [0, 0.05) is 11.8 Å². The number of aromatic hydroxyl groups is 2. The van der Waals surface area contributed by atoms with E-state index >= 15 is 0 Å². The molecular formula is C136H212O10. The molecule has 21 atom stereocenters. The maximum absolute atomic E-state index is 9.01. The van der Waals surface area contributed by atoms with Crippen LogP contribution in [0.3, 0.4) is 0 Å². The monoisotopic (exact) mass is 2010 g/mol. The van der Waals surface area contributed by atoms with Crippen molar-refractivity contribution in [2.45, 2.75) is 498 Å². The quantitative estimate of drug-likeness (QED) is 0.0359. The van der Waals surface area contributed by atoms with E-state index in [0.717, 1.165) is 127 Å². The van der Waals surface area contributed by atoms with E-state index in [0.29, 0.717) is 94.4 Å². The van der Waals surface area contributed by atoms with Crippen LogP contribution >= 0.6 is 0 Å². The predicted octanol–water partition coefficient (Wildman–Crippen LogP) is 40.5. The molecule has 6 fully saturated rings. The lowest BCUT2D eigenvalue weighted by Crippen LogP contribution is -2.39. The average molecular weight is 2010 g/mol. The molecule has 8 aromatic rings. The molecule has 10 heteroatoms. The van der Waals surface area contributed by atoms with E-state index in [1.54, 1.807) is 24.3 Å². The molecule has 0 aliphatic heterocycles. The highest BCUT2D eigenvalue weighted by Gasteiger charge is 2.54. The minimum absolute atomic E-state index is 0.0715. The maximum atomic E-state index is 9.01. The molecule has 21 unspecified atom stereocenters. The first-order chi connectivity index (χ1) is 69.3. The molecule has 0 amide bonds. The van der Waals surface area contributed by atoms with Gasteiger partial charge in [-0.1, -0.05) is 302 Å². The van der Waals surface area contributed by atoms with E-state index in [1.807, 2.05) is 71.0 Å². The van der Waals surface area contributed by atoms with E-state index in [2.05, 4.69) is 327 Å². The molecule has 10 nitrogen and oxygen atoms in total. The Bertz CT molecular complexity index is 4680. The van der Waals surface area contributed by atoms with E-state index in [-0.39, 0.29) is 35.8 Å². The average Bonchev–Trinajstić information content (AvgIpc) is 1.59. The summed E-state index contributed by atoms with van der Waals surface area (Å²) in [5.41, 5.74) is 11.4. The molecule has 0 aromatic heterocycles. The number of fused-ring (bicyclic) bond motifs is 7. The van der Waals surface area contributed by atoms with Gasteiger partial charge in [0.1, 0.15) is 63.8 Å². The second-order valence-corrected chi connectivity index (χ2v) is 48.8. The Balaban J connectivity index is 0.000000229. The third kappa shape index (κ3) is 43.1. The molecule has 0 heterocycles. The van der Waals surface area contributed by atoms with Crippen molar-refractivity contribution < 1.29 is 48.1 Å². The molecule has 0 spiro atoms. The van der Waals surface area contributed by atoms with Gasteiger partial charge in [-0.25, -0.2) is 0 Å². The zero-order valence-corrected chi connectivity index (χ0v) is 98.7. The predicted molar refractivity (Wildman–Crippen MR) is 624 cm³/mol. The lowest BCUT2D eigenvalue weighted by molar-refractivity contribution is -0.124. The molecule has 6 aliphatic carbocycles. The molecular weight excluding hydrogens is 1790 g/mol. The van der Waals surface area contributed by atoms with Crippen molar-refractivity contribution in [3.8, 4) is 46.0 Å². The second-order valence-electron chi connectivity index (χ2n) is 48.8. The summed E-state index contributed by atoms with van der Waals surface area (Å²) in [7, 11) is 0. The minimum atomic E-state index is -0.204. The van der Waals surface area contributed by atoms with Gasteiger partial charge in [-0.05, 0) is 444 Å². The summed E-state index contributed by atoms with van der Waals surface area (Å²) in [6, 6.07) is 66.6. The highest BCUT2D eigenvalue weighted by molar-refractivity contribution is 5.36. The zero-order chi connectivity index (χ0) is 108. The van der Waals surface area contributed by atoms with Crippen molar-refractivity contribution >= 4 is 0 Å². The van der Waals surface area contributed by atoms with Gasteiger partial charge in [0.05, 0.1) is 18.3 Å². The third-order valence-corrected chi connectivity index (χ3v) is 33.7. The molecule has 6 saturated carbocycles. The molecule has 0 saturated heterocycles. The molecule has 816 valence electrons. The Hall–Kier alpha value is -7.92. The van der Waals surface area contributed by atoms with Crippen LogP contribution in [0, 0.1) is 70.0 Å². The van der Waals surface area contributed by atoms with Crippen LogP contribution in [0.1, 0.15) is 494 Å². The van der Waals surface area contributed by atoms with E-state index in [1.165, 1.54) is 173 Å². The van der Waals surface area contributed by atoms with Crippen molar-refractivity contribution in [3.63, 3.8) is 0 Å². The van der Waals surface area contributed by atoms with Crippen molar-refractivity contribution in [1.29, 1.82) is 0 Å². The highest BCUT2D eigenvalue weighted by atomic mass is 16.7. The van der Waals surface area contributed by atoms with Crippen LogP contribution in [0.25, 0.3) is 0 Å². The van der Waals surface area contributed by atoms with Gasteiger partial charge < -0.3 is 48.1 Å². The van der Waals surface area contributed by atoms with E-state index in [9.17, 15) is 0 Å². The number of hydrogen-bond acceptors (Lipinski definition) is 10. The van der Waals surface area contributed by atoms with Gasteiger partial charge in [0.15, 0.2) is 6.29 Å². The standard InChI is InChI=1S/C25H38O.C22H36O.C20H30O.C19H32O2.C15H24O2.C15H24O.2C10H14O/c1-5-17(4)18-9-11-21(12-10-18)26-25(16(2)3)15-20-13-19-14-24(20)23-8-6-7-22(19)23;1-6-18(4)19-10-12-20(13-11-19)23-21(16-17(2)3)22(5)14-8-7-9-15-22;1-4-14(2)17-7-9-20(10-8-17)21-15(3)11-19-13-16-5-6-18(19)12-16;1-8-15(4)16-9-11-17(12-10-16)21-18(20-14(2)3)13-19(5,6)7;1-6-12(4)14-7-9-15(10-8-14)17-13(5)16-11(2)3;1-6-12(3)13-8-10-14(11-9-13)16-15(4,5)7-2;2*1-3-8(2)9-4-6-10(11)7-5-9/h9-12,16-17,19-20,22-25H,5-8,13-15H2,1-4H3;10-13,17-18,21H,6-9,14-16H2,1-5H3;7-10,14-16,18-19H,4-6,11-13H2,1-3H3;9-12,14-15,18H,8,13H2,1-7H3;7-13H,6H2,1-5H3;8-12H,6-7H2,1-5H3;2*4-8,11H,3H2,1-2H3. The van der Waals surface area contributed by atoms with Gasteiger partial charge in [-0.15, -0.1) is 0 Å². The normalized spacial score (nSPS) is 21.1. The minimum Gasteiger partial charge on any atom is -0.508 e. The highest BCUT2D eigenvalue weighted by Crippen LogP contribution is 2.62. The zero-order valence-electron chi connectivity index (χ0n) is 98.7. The Kier molecular flexibility index (Phi) is 54.3. The lowest BCUT2D eigenvalue weighted by Gasteiger charge is -2.41. The Morgan fingerprint density at radius 1 is 0.329 bits per heavy atom. The summed E-state index contributed by atoms with van der Waals surface area (Å²) in [4.78, 5) is 0. The number of phenolic OH excluding ortho intramolecular Hbond substituents is 2. The molecule has 14 rings (SSSR count). The van der Waals surface area contributed by atoms with Crippen LogP contribution in [0.15, 0.2) is 194 Å². The molecule has 2 N–H and O–H groups in total. The van der Waals surface area contributed by atoms with Gasteiger partial charge >= 0.3 is 0 Å². The fraction of sp³-hybridized carbons (Fsp3) is 0.647. The summed E-state index contributed by atoms with van der Waals surface area (Å²) in [6.45, 7) is 72.7. The SMILES string of the molecule is CCC(C)c1ccc(O)cc1.CCC(C)c1ccc(O)cc1.CCC(C)c1ccc(OC(C)(C)CC)cc1.CCC(C)c1ccc(OC(C)CC2CC3CCC2C3)cc1.CCC(C)c1ccc(OC(C)OC(C)C)cc1.CCC(C)c1ccc(OC(CC(C)(C)C)OC(C)C)cc1.CCC(C)c1ccc(OC(CC(C)C)C2(C)CCCCC2)cc1.CCC(C)c1ccc(OC(CC2CC3CC2C2CCCC32)C(C)C)cc1.